The third-order valence-electron chi connectivity index (χ3n) is 2.81. The third kappa shape index (κ3) is 2.44. The molecule has 0 saturated carbocycles. The molecular weight excluding hydrogens is 345 g/mol. The second-order valence-corrected chi connectivity index (χ2v) is 5.86. The Morgan fingerprint density at radius 1 is 1.45 bits per heavy atom. The predicted octanol–water partition coefficient (Wildman–Crippen LogP) is 3.59. The van der Waals surface area contributed by atoms with Gasteiger partial charge in [-0.05, 0) is 40.7 Å². The Balaban J connectivity index is 2.01. The number of benzene rings is 1. The van der Waals surface area contributed by atoms with Crippen LogP contribution in [0.4, 0.5) is 4.39 Å². The van der Waals surface area contributed by atoms with E-state index in [4.69, 9.17) is 10.5 Å². The minimum atomic E-state index is -0.322. The van der Waals surface area contributed by atoms with Crippen LogP contribution in [-0.4, -0.2) is 15.9 Å². The summed E-state index contributed by atoms with van der Waals surface area (Å²) in [6.07, 6.45) is 2.59. The molecule has 0 aliphatic carbocycles. The number of aromatic nitrogens is 2. The highest BCUT2D eigenvalue weighted by Gasteiger charge is 2.15. The molecule has 0 unspecified atom stereocenters. The molecular formula is C13H11BrFN3OS. The van der Waals surface area contributed by atoms with Crippen LogP contribution in [0, 0.1) is 5.82 Å². The number of halogens is 2. The standard InChI is InChI=1S/C13H11BrFN3OS/c14-9-7-8(15)1-2-11(9)19-12-10(3-4-16)18-5-6-20-13(18)17-12/h1-2,5-7H,3-4,16H2. The van der Waals surface area contributed by atoms with E-state index >= 15 is 0 Å². The first-order chi connectivity index (χ1) is 9.69. The van der Waals surface area contributed by atoms with Crippen molar-refractivity contribution in [1.29, 1.82) is 0 Å². The topological polar surface area (TPSA) is 52.5 Å². The lowest BCUT2D eigenvalue weighted by atomic mass is 10.3. The van der Waals surface area contributed by atoms with Crippen LogP contribution in [0.15, 0.2) is 34.2 Å². The molecule has 3 rings (SSSR count). The summed E-state index contributed by atoms with van der Waals surface area (Å²) in [4.78, 5) is 5.29. The van der Waals surface area contributed by atoms with Gasteiger partial charge in [-0.3, -0.25) is 4.40 Å². The van der Waals surface area contributed by atoms with E-state index < -0.39 is 0 Å². The first-order valence-electron chi connectivity index (χ1n) is 5.96. The molecule has 0 fully saturated rings. The van der Waals surface area contributed by atoms with Crippen LogP contribution in [0.2, 0.25) is 0 Å². The zero-order chi connectivity index (χ0) is 14.1. The smallest absolute Gasteiger partial charge is 0.242 e. The van der Waals surface area contributed by atoms with E-state index in [0.29, 0.717) is 29.1 Å². The van der Waals surface area contributed by atoms with Crippen molar-refractivity contribution in [2.75, 3.05) is 6.54 Å². The van der Waals surface area contributed by atoms with Crippen molar-refractivity contribution in [3.63, 3.8) is 0 Å². The van der Waals surface area contributed by atoms with Gasteiger partial charge in [0, 0.05) is 18.0 Å². The van der Waals surface area contributed by atoms with Gasteiger partial charge in [0.05, 0.1) is 10.2 Å². The molecule has 0 radical (unpaired) electrons. The highest BCUT2D eigenvalue weighted by molar-refractivity contribution is 9.10. The van der Waals surface area contributed by atoms with Crippen molar-refractivity contribution in [3.05, 3.63) is 45.8 Å². The normalized spacial score (nSPS) is 11.2. The molecule has 0 spiro atoms. The van der Waals surface area contributed by atoms with Crippen LogP contribution in [0.1, 0.15) is 5.69 Å². The lowest BCUT2D eigenvalue weighted by Crippen LogP contribution is -2.05. The minimum Gasteiger partial charge on any atom is -0.436 e. The Bertz CT molecular complexity index is 755. The van der Waals surface area contributed by atoms with Crippen LogP contribution < -0.4 is 10.5 Å². The Labute approximate surface area is 127 Å². The zero-order valence-electron chi connectivity index (χ0n) is 10.3. The Morgan fingerprint density at radius 2 is 2.30 bits per heavy atom. The molecule has 7 heteroatoms. The van der Waals surface area contributed by atoms with Gasteiger partial charge < -0.3 is 10.5 Å². The minimum absolute atomic E-state index is 0.322. The summed E-state index contributed by atoms with van der Waals surface area (Å²) in [5, 5.41) is 1.96. The number of nitrogens with zero attached hydrogens (tertiary/aromatic N) is 2. The summed E-state index contributed by atoms with van der Waals surface area (Å²) in [7, 11) is 0. The van der Waals surface area contributed by atoms with E-state index in [-0.39, 0.29) is 5.82 Å². The summed E-state index contributed by atoms with van der Waals surface area (Å²) in [5.41, 5.74) is 6.56. The lowest BCUT2D eigenvalue weighted by molar-refractivity contribution is 0.454. The highest BCUT2D eigenvalue weighted by atomic mass is 79.9. The van der Waals surface area contributed by atoms with Gasteiger partial charge in [-0.15, -0.1) is 11.3 Å². The van der Waals surface area contributed by atoms with Crippen LogP contribution >= 0.6 is 27.3 Å². The molecule has 20 heavy (non-hydrogen) atoms. The molecule has 0 amide bonds. The maximum Gasteiger partial charge on any atom is 0.242 e. The summed E-state index contributed by atoms with van der Waals surface area (Å²) in [5.74, 6) is 0.710. The molecule has 4 nitrogen and oxygen atoms in total. The Kier molecular flexibility index (Phi) is 3.73. The largest absolute Gasteiger partial charge is 0.436 e. The van der Waals surface area contributed by atoms with Gasteiger partial charge in [-0.1, -0.05) is 0 Å². The van der Waals surface area contributed by atoms with Gasteiger partial charge in [-0.2, -0.15) is 4.98 Å². The average molecular weight is 356 g/mol. The summed E-state index contributed by atoms with van der Waals surface area (Å²) in [6.45, 7) is 0.505. The molecule has 0 aliphatic rings. The van der Waals surface area contributed by atoms with Gasteiger partial charge in [0.15, 0.2) is 4.96 Å². The number of hydrogen-bond acceptors (Lipinski definition) is 4. The Hall–Kier alpha value is -1.44. The van der Waals surface area contributed by atoms with Gasteiger partial charge >= 0.3 is 0 Å². The Morgan fingerprint density at radius 3 is 3.05 bits per heavy atom. The molecule has 1 aromatic carbocycles. The van der Waals surface area contributed by atoms with E-state index in [0.717, 1.165) is 10.7 Å². The van der Waals surface area contributed by atoms with Gasteiger partial charge in [0.25, 0.3) is 0 Å². The van der Waals surface area contributed by atoms with Crippen LogP contribution in [0.5, 0.6) is 11.6 Å². The van der Waals surface area contributed by atoms with Crippen LogP contribution in [0.3, 0.4) is 0 Å². The zero-order valence-corrected chi connectivity index (χ0v) is 12.7. The predicted molar refractivity (Wildman–Crippen MR) is 80.0 cm³/mol. The second-order valence-electron chi connectivity index (χ2n) is 4.13. The second kappa shape index (κ2) is 5.51. The van der Waals surface area contributed by atoms with Crippen molar-refractivity contribution in [2.24, 2.45) is 5.73 Å². The van der Waals surface area contributed by atoms with Crippen molar-refractivity contribution >= 4 is 32.2 Å². The molecule has 0 atom stereocenters. The van der Waals surface area contributed by atoms with Crippen molar-refractivity contribution in [3.8, 4) is 11.6 Å². The fourth-order valence-electron chi connectivity index (χ4n) is 1.92. The van der Waals surface area contributed by atoms with Crippen LogP contribution in [-0.2, 0) is 6.42 Å². The number of hydrogen-bond donors (Lipinski definition) is 1. The quantitative estimate of drug-likeness (QED) is 0.777. The number of nitrogens with two attached hydrogens (primary N) is 1. The average Bonchev–Trinajstić information content (AvgIpc) is 2.96. The number of rotatable bonds is 4. The highest BCUT2D eigenvalue weighted by Crippen LogP contribution is 2.33. The third-order valence-corrected chi connectivity index (χ3v) is 4.18. The number of ether oxygens (including phenoxy) is 1. The van der Waals surface area contributed by atoms with E-state index in [1.54, 1.807) is 6.07 Å². The molecule has 3 aromatic rings. The SMILES string of the molecule is NCCc1c(Oc2ccc(F)cc2Br)nc2sccn12. The van der Waals surface area contributed by atoms with E-state index in [1.165, 1.54) is 23.5 Å². The summed E-state index contributed by atoms with van der Waals surface area (Å²) in [6, 6.07) is 4.27. The fraction of sp³-hybridized carbons (Fsp3) is 0.154. The van der Waals surface area contributed by atoms with Crippen LogP contribution in [0.25, 0.3) is 4.96 Å². The number of imidazole rings is 1. The summed E-state index contributed by atoms with van der Waals surface area (Å²) >= 11 is 4.81. The molecule has 104 valence electrons. The maximum atomic E-state index is 13.1. The lowest BCUT2D eigenvalue weighted by Gasteiger charge is -2.07. The number of fused-ring (bicyclic) bond motifs is 1. The van der Waals surface area contributed by atoms with Gasteiger partial charge in [0.1, 0.15) is 11.6 Å². The molecule has 2 N–H and O–H groups in total. The molecule has 2 heterocycles. The van der Waals surface area contributed by atoms with E-state index in [2.05, 4.69) is 20.9 Å². The first kappa shape index (κ1) is 13.5. The molecule has 0 saturated heterocycles. The van der Waals surface area contributed by atoms with E-state index in [1.807, 2.05) is 16.0 Å². The van der Waals surface area contributed by atoms with E-state index in [9.17, 15) is 4.39 Å². The molecule has 0 aliphatic heterocycles. The number of thiazole rings is 1. The molecule has 0 bridgehead atoms. The van der Waals surface area contributed by atoms with Gasteiger partial charge in [0.2, 0.25) is 5.88 Å². The fourth-order valence-corrected chi connectivity index (χ4v) is 3.08. The van der Waals surface area contributed by atoms with Gasteiger partial charge in [-0.25, -0.2) is 4.39 Å². The van der Waals surface area contributed by atoms with Crippen molar-refractivity contribution in [2.45, 2.75) is 6.42 Å². The molecule has 2 aromatic heterocycles. The summed E-state index contributed by atoms with van der Waals surface area (Å²) < 4.78 is 21.4. The monoisotopic (exact) mass is 355 g/mol. The van der Waals surface area contributed by atoms with Crippen molar-refractivity contribution < 1.29 is 9.13 Å². The first-order valence-corrected chi connectivity index (χ1v) is 7.63. The van der Waals surface area contributed by atoms with Crippen molar-refractivity contribution in [1.82, 2.24) is 9.38 Å². The maximum absolute atomic E-state index is 13.1.